The van der Waals surface area contributed by atoms with Gasteiger partial charge >= 0.3 is 12.1 Å². The Morgan fingerprint density at radius 2 is 1.86 bits per heavy atom. The van der Waals surface area contributed by atoms with Gasteiger partial charge in [-0.3, -0.25) is 0 Å². The summed E-state index contributed by atoms with van der Waals surface area (Å²) >= 11 is 0. The van der Waals surface area contributed by atoms with E-state index >= 15 is 0 Å². The van der Waals surface area contributed by atoms with E-state index in [0.29, 0.717) is 10.1 Å². The first-order valence-electron chi connectivity index (χ1n) is 8.51. The number of nitrogens with zero attached hydrogens (tertiary/aromatic N) is 3. The lowest BCUT2D eigenvalue weighted by Crippen LogP contribution is -2.14. The minimum atomic E-state index is -4.68. The number of hydrogen-bond acceptors (Lipinski definition) is 4. The summed E-state index contributed by atoms with van der Waals surface area (Å²) in [7, 11) is 0. The first kappa shape index (κ1) is 18.0. The third kappa shape index (κ3) is 3.06. The lowest BCUT2D eigenvalue weighted by Gasteiger charge is -2.12. The Balaban J connectivity index is 1.97. The topological polar surface area (TPSA) is 56.5 Å². The molecule has 2 aromatic carbocycles. The van der Waals surface area contributed by atoms with Crippen molar-refractivity contribution in [1.82, 2.24) is 14.6 Å². The van der Waals surface area contributed by atoms with E-state index in [2.05, 4.69) is 10.1 Å². The van der Waals surface area contributed by atoms with Crippen molar-refractivity contribution in [2.24, 2.45) is 0 Å². The Hall–Kier alpha value is -3.42. The maximum absolute atomic E-state index is 13.6. The average Bonchev–Trinajstić information content (AvgIpc) is 3.10. The van der Waals surface area contributed by atoms with Crippen molar-refractivity contribution in [3.63, 3.8) is 0 Å². The Bertz CT molecular complexity index is 1200. The molecule has 0 unspecified atom stereocenters. The molecule has 5 nitrogen and oxygen atoms in total. The van der Waals surface area contributed by atoms with Crippen molar-refractivity contribution in [3.8, 4) is 11.3 Å². The number of fused-ring (bicyclic) bond motifs is 2. The van der Waals surface area contributed by atoms with E-state index in [0.717, 1.165) is 23.0 Å². The van der Waals surface area contributed by atoms with Gasteiger partial charge in [0.15, 0.2) is 11.3 Å². The average molecular weight is 385 g/mol. The van der Waals surface area contributed by atoms with Crippen LogP contribution in [0.25, 0.3) is 27.7 Å². The summed E-state index contributed by atoms with van der Waals surface area (Å²) in [5.74, 6) is -0.770. The molecule has 142 valence electrons. The molecule has 0 aliphatic heterocycles. The van der Waals surface area contributed by atoms with Crippen LogP contribution in [0.15, 0.2) is 54.7 Å². The second-order valence-corrected chi connectivity index (χ2v) is 6.10. The fourth-order valence-corrected chi connectivity index (χ4v) is 3.01. The summed E-state index contributed by atoms with van der Waals surface area (Å²) in [6.45, 7) is 1.70. The van der Waals surface area contributed by atoms with Gasteiger partial charge in [0.25, 0.3) is 0 Å². The Labute approximate surface area is 157 Å². The van der Waals surface area contributed by atoms with Gasteiger partial charge in [-0.2, -0.15) is 18.3 Å². The van der Waals surface area contributed by atoms with Crippen molar-refractivity contribution in [1.29, 1.82) is 0 Å². The molecule has 0 aliphatic rings. The molecule has 0 N–H and O–H groups in total. The summed E-state index contributed by atoms with van der Waals surface area (Å²) in [6.07, 6.45) is -3.63. The van der Waals surface area contributed by atoms with Crippen molar-refractivity contribution in [3.05, 3.63) is 66.0 Å². The van der Waals surface area contributed by atoms with Crippen LogP contribution in [0.4, 0.5) is 13.2 Å². The first-order chi connectivity index (χ1) is 13.4. The van der Waals surface area contributed by atoms with Crippen molar-refractivity contribution in [2.75, 3.05) is 6.61 Å². The van der Waals surface area contributed by atoms with Gasteiger partial charge in [-0.15, -0.1) is 0 Å². The van der Waals surface area contributed by atoms with Crippen LogP contribution in [-0.4, -0.2) is 27.2 Å². The van der Waals surface area contributed by atoms with E-state index in [-0.39, 0.29) is 23.5 Å². The molecular formula is C20H14F3N3O2. The minimum absolute atomic E-state index is 0.0899. The molecule has 2 aromatic heterocycles. The number of aromatic nitrogens is 3. The Kier molecular flexibility index (Phi) is 4.26. The molecule has 4 rings (SSSR count). The van der Waals surface area contributed by atoms with E-state index in [9.17, 15) is 18.0 Å². The second kappa shape index (κ2) is 6.63. The predicted octanol–water partition coefficient (Wildman–Crippen LogP) is 4.75. The zero-order valence-electron chi connectivity index (χ0n) is 14.7. The highest BCUT2D eigenvalue weighted by Gasteiger charge is 2.36. The highest BCUT2D eigenvalue weighted by molar-refractivity contribution is 5.96. The SMILES string of the molecule is CCOC(=O)c1cnn2c(C(F)(F)F)cc(-c3ccc4ccccc4c3)nc12. The fourth-order valence-electron chi connectivity index (χ4n) is 3.01. The van der Waals surface area contributed by atoms with Gasteiger partial charge in [0, 0.05) is 5.56 Å². The molecule has 8 heteroatoms. The maximum Gasteiger partial charge on any atom is 0.433 e. The van der Waals surface area contributed by atoms with Gasteiger partial charge in [0.05, 0.1) is 18.5 Å². The second-order valence-electron chi connectivity index (χ2n) is 6.10. The molecule has 0 bridgehead atoms. The molecule has 2 heterocycles. The highest BCUT2D eigenvalue weighted by atomic mass is 19.4. The molecule has 0 saturated heterocycles. The number of halogens is 3. The lowest BCUT2D eigenvalue weighted by molar-refractivity contribution is -0.142. The van der Waals surface area contributed by atoms with Gasteiger partial charge in [-0.05, 0) is 29.8 Å². The minimum Gasteiger partial charge on any atom is -0.462 e. The molecule has 0 spiro atoms. The molecule has 0 radical (unpaired) electrons. The van der Waals surface area contributed by atoms with E-state index < -0.39 is 17.8 Å². The fraction of sp³-hybridized carbons (Fsp3) is 0.150. The summed E-state index contributed by atoms with van der Waals surface area (Å²) < 4.78 is 46.4. The Morgan fingerprint density at radius 1 is 1.11 bits per heavy atom. The van der Waals surface area contributed by atoms with Crippen LogP contribution in [0.3, 0.4) is 0 Å². The predicted molar refractivity (Wildman–Crippen MR) is 96.9 cm³/mol. The summed E-state index contributed by atoms with van der Waals surface area (Å²) in [5, 5.41) is 5.53. The highest BCUT2D eigenvalue weighted by Crippen LogP contribution is 2.33. The number of carbonyl (C=O) groups excluding carboxylic acids is 1. The normalized spacial score (nSPS) is 11.9. The van der Waals surface area contributed by atoms with Gasteiger partial charge in [0.1, 0.15) is 5.56 Å². The lowest BCUT2D eigenvalue weighted by atomic mass is 10.0. The van der Waals surface area contributed by atoms with Crippen LogP contribution in [-0.2, 0) is 10.9 Å². The number of alkyl halides is 3. The third-order valence-corrected chi connectivity index (χ3v) is 4.30. The van der Waals surface area contributed by atoms with Crippen molar-refractivity contribution in [2.45, 2.75) is 13.1 Å². The largest absolute Gasteiger partial charge is 0.462 e. The number of benzene rings is 2. The number of ether oxygens (including phenoxy) is 1. The molecule has 28 heavy (non-hydrogen) atoms. The molecule has 0 amide bonds. The van der Waals surface area contributed by atoms with Crippen LogP contribution in [0.5, 0.6) is 0 Å². The summed E-state index contributed by atoms with van der Waals surface area (Å²) in [6, 6.07) is 13.7. The number of esters is 1. The number of rotatable bonds is 3. The van der Waals surface area contributed by atoms with Crippen LogP contribution >= 0.6 is 0 Å². The molecule has 0 aliphatic carbocycles. The molecule has 0 saturated carbocycles. The van der Waals surface area contributed by atoms with Gasteiger partial charge in [-0.25, -0.2) is 14.3 Å². The molecule has 0 fully saturated rings. The van der Waals surface area contributed by atoms with Gasteiger partial charge < -0.3 is 4.74 Å². The summed E-state index contributed by atoms with van der Waals surface area (Å²) in [5.41, 5.74) is -0.734. The van der Waals surface area contributed by atoms with E-state index in [4.69, 9.17) is 4.74 Å². The standard InChI is InChI=1S/C20H14F3N3O2/c1-2-28-19(27)15-11-24-26-17(20(21,22)23)10-16(25-18(15)26)14-8-7-12-5-3-4-6-13(12)9-14/h3-11H,2H2,1H3. The molecule has 4 aromatic rings. The van der Waals surface area contributed by atoms with Crippen LogP contribution in [0, 0.1) is 0 Å². The van der Waals surface area contributed by atoms with Crippen LogP contribution in [0.1, 0.15) is 23.0 Å². The molecule has 0 atom stereocenters. The zero-order valence-corrected chi connectivity index (χ0v) is 14.7. The van der Waals surface area contributed by atoms with Crippen LogP contribution in [0.2, 0.25) is 0 Å². The first-order valence-corrected chi connectivity index (χ1v) is 8.51. The van der Waals surface area contributed by atoms with E-state index in [1.807, 2.05) is 30.3 Å². The maximum atomic E-state index is 13.6. The number of carbonyl (C=O) groups is 1. The van der Waals surface area contributed by atoms with Crippen molar-refractivity contribution < 1.29 is 22.7 Å². The van der Waals surface area contributed by atoms with E-state index in [1.54, 1.807) is 19.1 Å². The quantitative estimate of drug-likeness (QED) is 0.478. The van der Waals surface area contributed by atoms with Gasteiger partial charge in [0.2, 0.25) is 0 Å². The smallest absolute Gasteiger partial charge is 0.433 e. The Morgan fingerprint density at radius 3 is 2.57 bits per heavy atom. The number of hydrogen-bond donors (Lipinski definition) is 0. The van der Waals surface area contributed by atoms with Gasteiger partial charge in [-0.1, -0.05) is 36.4 Å². The third-order valence-electron chi connectivity index (χ3n) is 4.30. The van der Waals surface area contributed by atoms with Crippen LogP contribution < -0.4 is 0 Å². The molecular weight excluding hydrogens is 371 g/mol. The monoisotopic (exact) mass is 385 g/mol. The zero-order chi connectivity index (χ0) is 19.9. The van der Waals surface area contributed by atoms with Crippen molar-refractivity contribution >= 4 is 22.4 Å². The van der Waals surface area contributed by atoms with E-state index in [1.165, 1.54) is 0 Å². The summed E-state index contributed by atoms with van der Waals surface area (Å²) in [4.78, 5) is 16.4.